The van der Waals surface area contributed by atoms with Gasteiger partial charge in [-0.1, -0.05) is 53.0 Å². The van der Waals surface area contributed by atoms with Crippen LogP contribution in [-0.4, -0.2) is 4.98 Å². The molecule has 3 aromatic rings. The normalized spacial score (nSPS) is 11.4. The maximum Gasteiger partial charge on any atom is 0.431 e. The minimum Gasteiger partial charge on any atom is -0.349 e. The maximum atomic E-state index is 13.6. The van der Waals surface area contributed by atoms with E-state index in [4.69, 9.17) is 34.8 Å². The van der Waals surface area contributed by atoms with Gasteiger partial charge in [-0.25, -0.2) is 0 Å². The Morgan fingerprint density at radius 1 is 0.885 bits per heavy atom. The van der Waals surface area contributed by atoms with Crippen molar-refractivity contribution < 1.29 is 13.2 Å². The fourth-order valence-electron chi connectivity index (χ4n) is 2.60. The van der Waals surface area contributed by atoms with Crippen molar-refractivity contribution in [3.8, 4) is 28.5 Å². The van der Waals surface area contributed by atoms with E-state index in [1.807, 2.05) is 6.07 Å². The van der Waals surface area contributed by atoms with E-state index in [1.165, 1.54) is 42.5 Å². The summed E-state index contributed by atoms with van der Waals surface area (Å²) in [4.78, 5) is 2.34. The second-order valence-electron chi connectivity index (χ2n) is 5.37. The minimum atomic E-state index is -4.70. The highest BCUT2D eigenvalue weighted by molar-refractivity contribution is 6.42. The molecule has 1 N–H and O–H groups in total. The Hall–Kier alpha value is -2.13. The Kier molecular flexibility index (Phi) is 4.94. The number of H-pyrrole nitrogens is 1. The number of nitrogens with one attached hydrogen (secondary N) is 1. The largest absolute Gasteiger partial charge is 0.431 e. The Bertz CT molecular complexity index is 1020. The molecule has 2 aromatic carbocycles. The molecular formula is C18H8Cl3F3N2. The lowest BCUT2D eigenvalue weighted by Gasteiger charge is -2.09. The van der Waals surface area contributed by atoms with E-state index in [-0.39, 0.29) is 32.4 Å². The molecule has 0 bridgehead atoms. The van der Waals surface area contributed by atoms with Gasteiger partial charge in [0.25, 0.3) is 0 Å². The molecule has 0 aliphatic heterocycles. The van der Waals surface area contributed by atoms with Gasteiger partial charge in [-0.05, 0) is 35.4 Å². The molecule has 0 atom stereocenters. The van der Waals surface area contributed by atoms with Crippen LogP contribution in [0.15, 0.2) is 42.5 Å². The highest BCUT2D eigenvalue weighted by Gasteiger charge is 2.38. The predicted molar refractivity (Wildman–Crippen MR) is 96.4 cm³/mol. The molecule has 1 aromatic heterocycles. The zero-order chi connectivity index (χ0) is 19.1. The third-order valence-corrected chi connectivity index (χ3v) is 4.73. The van der Waals surface area contributed by atoms with Gasteiger partial charge in [-0.2, -0.15) is 18.4 Å². The minimum absolute atomic E-state index is 0.0533. The Labute approximate surface area is 161 Å². The van der Waals surface area contributed by atoms with Gasteiger partial charge in [-0.15, -0.1) is 0 Å². The first kappa shape index (κ1) is 18.7. The third-order valence-electron chi connectivity index (χ3n) is 3.74. The topological polar surface area (TPSA) is 39.6 Å². The van der Waals surface area contributed by atoms with Gasteiger partial charge in [0.05, 0.1) is 21.3 Å². The number of aromatic amines is 1. The molecule has 2 nitrogen and oxygen atoms in total. The first-order valence-electron chi connectivity index (χ1n) is 7.17. The standard InChI is InChI=1S/C18H8Cl3F3N2/c19-11-4-1-9(2-5-11)16-12(8-25)15(17(26-16)18(22,23)24)10-3-6-13(20)14(21)7-10/h1-7,26H. The lowest BCUT2D eigenvalue weighted by molar-refractivity contribution is -0.140. The number of hydrogen-bond acceptors (Lipinski definition) is 1. The van der Waals surface area contributed by atoms with Gasteiger partial charge in [0, 0.05) is 10.6 Å². The number of aromatic nitrogens is 1. The number of halogens is 6. The monoisotopic (exact) mass is 414 g/mol. The molecule has 0 aliphatic rings. The van der Waals surface area contributed by atoms with Crippen LogP contribution in [0.5, 0.6) is 0 Å². The van der Waals surface area contributed by atoms with E-state index in [2.05, 4.69) is 4.98 Å². The average Bonchev–Trinajstić information content (AvgIpc) is 2.98. The van der Waals surface area contributed by atoms with Crippen molar-refractivity contribution in [3.05, 3.63) is 68.8 Å². The molecule has 0 spiro atoms. The summed E-state index contributed by atoms with van der Waals surface area (Å²) in [5.74, 6) is 0. The van der Waals surface area contributed by atoms with Crippen LogP contribution >= 0.6 is 34.8 Å². The quantitative estimate of drug-likeness (QED) is 0.472. The summed E-state index contributed by atoms with van der Waals surface area (Å²) >= 11 is 17.6. The van der Waals surface area contributed by atoms with Crippen molar-refractivity contribution in [3.63, 3.8) is 0 Å². The van der Waals surface area contributed by atoms with Gasteiger partial charge in [0.1, 0.15) is 11.8 Å². The summed E-state index contributed by atoms with van der Waals surface area (Å²) in [6.07, 6.45) is -4.70. The van der Waals surface area contributed by atoms with E-state index in [9.17, 15) is 18.4 Å². The molecule has 132 valence electrons. The van der Waals surface area contributed by atoms with Gasteiger partial charge < -0.3 is 4.98 Å². The number of alkyl halides is 3. The van der Waals surface area contributed by atoms with Crippen molar-refractivity contribution in [2.45, 2.75) is 6.18 Å². The van der Waals surface area contributed by atoms with Crippen LogP contribution in [0.25, 0.3) is 22.4 Å². The van der Waals surface area contributed by atoms with Crippen molar-refractivity contribution in [2.75, 3.05) is 0 Å². The molecule has 0 amide bonds. The van der Waals surface area contributed by atoms with Crippen LogP contribution < -0.4 is 0 Å². The molecular weight excluding hydrogens is 408 g/mol. The fraction of sp³-hybridized carbons (Fsp3) is 0.0556. The zero-order valence-corrected chi connectivity index (χ0v) is 15.0. The highest BCUT2D eigenvalue weighted by Crippen LogP contribution is 2.43. The second-order valence-corrected chi connectivity index (χ2v) is 6.62. The summed E-state index contributed by atoms with van der Waals surface area (Å²) in [6.45, 7) is 0. The van der Waals surface area contributed by atoms with Crippen LogP contribution in [-0.2, 0) is 6.18 Å². The molecule has 8 heteroatoms. The van der Waals surface area contributed by atoms with E-state index < -0.39 is 11.9 Å². The second kappa shape index (κ2) is 6.88. The Morgan fingerprint density at radius 3 is 2.04 bits per heavy atom. The summed E-state index contributed by atoms with van der Waals surface area (Å²) in [7, 11) is 0. The highest BCUT2D eigenvalue weighted by atomic mass is 35.5. The first-order valence-corrected chi connectivity index (χ1v) is 8.30. The smallest absolute Gasteiger partial charge is 0.349 e. The van der Waals surface area contributed by atoms with Gasteiger partial charge in [0.15, 0.2) is 0 Å². The molecule has 0 aliphatic carbocycles. The van der Waals surface area contributed by atoms with Crippen LogP contribution in [0.4, 0.5) is 13.2 Å². The molecule has 26 heavy (non-hydrogen) atoms. The summed E-state index contributed by atoms with van der Waals surface area (Å²) in [6, 6.07) is 12.1. The van der Waals surface area contributed by atoms with Crippen molar-refractivity contribution in [1.29, 1.82) is 5.26 Å². The lowest BCUT2D eigenvalue weighted by atomic mass is 9.98. The molecule has 0 saturated heterocycles. The Morgan fingerprint density at radius 2 is 1.50 bits per heavy atom. The van der Waals surface area contributed by atoms with Crippen molar-refractivity contribution in [1.82, 2.24) is 4.98 Å². The molecule has 0 unspecified atom stereocenters. The number of nitriles is 1. The fourth-order valence-corrected chi connectivity index (χ4v) is 3.02. The predicted octanol–water partition coefficient (Wildman–Crippen LogP) is 7.20. The number of benzene rings is 2. The van der Waals surface area contributed by atoms with Gasteiger partial charge in [0.2, 0.25) is 0 Å². The molecule has 1 heterocycles. The van der Waals surface area contributed by atoms with Gasteiger partial charge >= 0.3 is 6.18 Å². The number of rotatable bonds is 2. The maximum absolute atomic E-state index is 13.6. The number of hydrogen-bond donors (Lipinski definition) is 1. The van der Waals surface area contributed by atoms with Gasteiger partial charge in [-0.3, -0.25) is 0 Å². The van der Waals surface area contributed by atoms with E-state index in [1.54, 1.807) is 0 Å². The van der Waals surface area contributed by atoms with Crippen LogP contribution in [0.2, 0.25) is 15.1 Å². The summed E-state index contributed by atoms with van der Waals surface area (Å²) in [5, 5.41) is 10.3. The van der Waals surface area contributed by atoms with Crippen molar-refractivity contribution >= 4 is 34.8 Å². The summed E-state index contributed by atoms with van der Waals surface area (Å²) < 4.78 is 40.8. The van der Waals surface area contributed by atoms with E-state index >= 15 is 0 Å². The van der Waals surface area contributed by atoms with Crippen molar-refractivity contribution in [2.24, 2.45) is 0 Å². The van der Waals surface area contributed by atoms with Crippen LogP contribution in [0.3, 0.4) is 0 Å². The Balaban J connectivity index is 2.33. The number of nitrogens with zero attached hydrogens (tertiary/aromatic N) is 1. The van der Waals surface area contributed by atoms with E-state index in [0.29, 0.717) is 10.6 Å². The molecule has 0 fully saturated rings. The first-order chi connectivity index (χ1) is 12.2. The van der Waals surface area contributed by atoms with E-state index in [0.717, 1.165) is 0 Å². The van der Waals surface area contributed by atoms with Crippen LogP contribution in [0, 0.1) is 11.3 Å². The zero-order valence-electron chi connectivity index (χ0n) is 12.8. The molecule has 0 radical (unpaired) electrons. The molecule has 3 rings (SSSR count). The SMILES string of the molecule is N#Cc1c(-c2ccc(Cl)cc2)[nH]c(C(F)(F)F)c1-c1ccc(Cl)c(Cl)c1. The summed E-state index contributed by atoms with van der Waals surface area (Å²) in [5.41, 5.74) is -0.848. The molecule has 0 saturated carbocycles. The average molecular weight is 416 g/mol. The third kappa shape index (κ3) is 3.41. The lowest BCUT2D eigenvalue weighted by Crippen LogP contribution is -2.07. The van der Waals surface area contributed by atoms with Crippen LogP contribution in [0.1, 0.15) is 11.3 Å².